The second kappa shape index (κ2) is 4.89. The fraction of sp³-hybridized carbons (Fsp3) is 0.385. The molecule has 1 fully saturated rings. The molecule has 0 saturated carbocycles. The van der Waals surface area contributed by atoms with Crippen LogP contribution in [0.5, 0.6) is 0 Å². The summed E-state index contributed by atoms with van der Waals surface area (Å²) in [6.07, 6.45) is 2.32. The highest BCUT2D eigenvalue weighted by atomic mass is 16.5. The fourth-order valence-electron chi connectivity index (χ4n) is 2.14. The molecular weight excluding hydrogens is 248 g/mol. The minimum absolute atomic E-state index is 0.189. The van der Waals surface area contributed by atoms with Crippen LogP contribution < -0.4 is 5.32 Å². The summed E-state index contributed by atoms with van der Waals surface area (Å²) in [5, 5.41) is 12.0. The lowest BCUT2D eigenvalue weighted by Gasteiger charge is -2.08. The van der Waals surface area contributed by atoms with Crippen LogP contribution in [-0.2, 0) is 4.74 Å². The summed E-state index contributed by atoms with van der Waals surface area (Å²) in [7, 11) is 0. The van der Waals surface area contributed by atoms with Gasteiger partial charge in [-0.2, -0.15) is 4.98 Å². The van der Waals surface area contributed by atoms with Crippen LogP contribution in [0, 0.1) is 0 Å². The maximum Gasteiger partial charge on any atom is 0.335 e. The molecule has 19 heavy (non-hydrogen) atoms. The third-order valence-electron chi connectivity index (χ3n) is 3.14. The van der Waals surface area contributed by atoms with Crippen molar-refractivity contribution in [2.75, 3.05) is 18.5 Å². The first kappa shape index (κ1) is 12.0. The van der Waals surface area contributed by atoms with Crippen LogP contribution in [0.3, 0.4) is 0 Å². The number of benzene rings is 1. The number of carboxylic acid groups (broad SMARTS) is 1. The number of carbonyl (C=O) groups is 1. The maximum absolute atomic E-state index is 10.9. The van der Waals surface area contributed by atoms with E-state index in [4.69, 9.17) is 14.3 Å². The van der Waals surface area contributed by atoms with Crippen molar-refractivity contribution in [1.82, 2.24) is 4.98 Å². The third-order valence-corrected chi connectivity index (χ3v) is 3.14. The third kappa shape index (κ3) is 2.53. The Morgan fingerprint density at radius 3 is 3.16 bits per heavy atom. The molecule has 1 aromatic heterocycles. The minimum Gasteiger partial charge on any atom is -0.478 e. The molecule has 1 unspecified atom stereocenters. The van der Waals surface area contributed by atoms with Crippen molar-refractivity contribution < 1.29 is 19.1 Å². The second-order valence-electron chi connectivity index (χ2n) is 4.52. The zero-order chi connectivity index (χ0) is 13.2. The fourth-order valence-corrected chi connectivity index (χ4v) is 2.14. The van der Waals surface area contributed by atoms with Crippen LogP contribution in [0.4, 0.5) is 6.01 Å². The highest BCUT2D eigenvalue weighted by Gasteiger charge is 2.16. The molecule has 1 saturated heterocycles. The number of carboxylic acids is 1. The Morgan fingerprint density at radius 1 is 1.53 bits per heavy atom. The van der Waals surface area contributed by atoms with Gasteiger partial charge in [-0.05, 0) is 31.0 Å². The SMILES string of the molecule is O=C(O)c1ccc2nc(NCC3CCCO3)oc2c1. The molecule has 0 aliphatic carbocycles. The van der Waals surface area contributed by atoms with Crippen molar-refractivity contribution >= 4 is 23.1 Å². The summed E-state index contributed by atoms with van der Waals surface area (Å²) in [6.45, 7) is 1.46. The lowest BCUT2D eigenvalue weighted by atomic mass is 10.2. The van der Waals surface area contributed by atoms with Crippen molar-refractivity contribution in [3.8, 4) is 0 Å². The largest absolute Gasteiger partial charge is 0.478 e. The first-order valence-electron chi connectivity index (χ1n) is 6.22. The molecule has 1 aromatic carbocycles. The summed E-state index contributed by atoms with van der Waals surface area (Å²) in [5.74, 6) is -0.979. The zero-order valence-corrected chi connectivity index (χ0v) is 10.3. The van der Waals surface area contributed by atoms with E-state index in [0.29, 0.717) is 23.7 Å². The Balaban J connectivity index is 1.75. The Kier molecular flexibility index (Phi) is 3.08. The van der Waals surface area contributed by atoms with Crippen LogP contribution in [-0.4, -0.2) is 35.3 Å². The molecule has 6 nitrogen and oxygen atoms in total. The minimum atomic E-state index is -0.979. The summed E-state index contributed by atoms with van der Waals surface area (Å²) in [6, 6.07) is 5.02. The predicted octanol–water partition coefficient (Wildman–Crippen LogP) is 2.12. The molecular formula is C13H14N2O4. The van der Waals surface area contributed by atoms with E-state index in [2.05, 4.69) is 10.3 Å². The molecule has 1 aliphatic heterocycles. The Labute approximate surface area is 109 Å². The number of nitrogens with zero attached hydrogens (tertiary/aromatic N) is 1. The highest BCUT2D eigenvalue weighted by molar-refractivity contribution is 5.92. The number of aromatic carboxylic acids is 1. The first-order valence-corrected chi connectivity index (χ1v) is 6.22. The van der Waals surface area contributed by atoms with Crippen molar-refractivity contribution in [1.29, 1.82) is 0 Å². The van der Waals surface area contributed by atoms with Gasteiger partial charge in [0.05, 0.1) is 11.7 Å². The smallest absolute Gasteiger partial charge is 0.335 e. The molecule has 2 heterocycles. The van der Waals surface area contributed by atoms with E-state index in [-0.39, 0.29) is 11.7 Å². The van der Waals surface area contributed by atoms with E-state index in [1.54, 1.807) is 6.07 Å². The number of anilines is 1. The average Bonchev–Trinajstić information content (AvgIpc) is 3.04. The standard InChI is InChI=1S/C13H14N2O4/c16-12(17)8-3-4-10-11(6-8)19-13(15-10)14-7-9-2-1-5-18-9/h3-4,6,9H,1-2,5,7H2,(H,14,15)(H,16,17). The van der Waals surface area contributed by atoms with Crippen molar-refractivity contribution in [3.05, 3.63) is 23.8 Å². The molecule has 2 N–H and O–H groups in total. The van der Waals surface area contributed by atoms with E-state index >= 15 is 0 Å². The summed E-state index contributed by atoms with van der Waals surface area (Å²) >= 11 is 0. The number of oxazole rings is 1. The van der Waals surface area contributed by atoms with Crippen molar-refractivity contribution in [3.63, 3.8) is 0 Å². The molecule has 0 amide bonds. The molecule has 6 heteroatoms. The van der Waals surface area contributed by atoms with Gasteiger partial charge in [0.2, 0.25) is 0 Å². The van der Waals surface area contributed by atoms with Crippen LogP contribution in [0.25, 0.3) is 11.1 Å². The van der Waals surface area contributed by atoms with Crippen LogP contribution in [0.1, 0.15) is 23.2 Å². The molecule has 3 rings (SSSR count). The number of aromatic nitrogens is 1. The normalized spacial score (nSPS) is 18.8. The predicted molar refractivity (Wildman–Crippen MR) is 68.4 cm³/mol. The summed E-state index contributed by atoms with van der Waals surface area (Å²) in [4.78, 5) is 15.1. The summed E-state index contributed by atoms with van der Waals surface area (Å²) < 4.78 is 11.0. The van der Waals surface area contributed by atoms with E-state index in [0.717, 1.165) is 19.4 Å². The zero-order valence-electron chi connectivity index (χ0n) is 10.3. The maximum atomic E-state index is 10.9. The quantitative estimate of drug-likeness (QED) is 0.877. The average molecular weight is 262 g/mol. The van der Waals surface area contributed by atoms with Gasteiger partial charge in [-0.3, -0.25) is 0 Å². The van der Waals surface area contributed by atoms with Gasteiger partial charge in [0.25, 0.3) is 6.01 Å². The molecule has 0 spiro atoms. The van der Waals surface area contributed by atoms with Gasteiger partial charge in [-0.25, -0.2) is 4.79 Å². The number of ether oxygens (including phenoxy) is 1. The lowest BCUT2D eigenvalue weighted by Crippen LogP contribution is -2.18. The molecule has 100 valence electrons. The Hall–Kier alpha value is -2.08. The van der Waals surface area contributed by atoms with E-state index in [1.165, 1.54) is 12.1 Å². The van der Waals surface area contributed by atoms with Gasteiger partial charge in [-0.1, -0.05) is 0 Å². The lowest BCUT2D eigenvalue weighted by molar-refractivity contribution is 0.0697. The Bertz CT molecular complexity index is 602. The second-order valence-corrected chi connectivity index (χ2v) is 4.52. The van der Waals surface area contributed by atoms with Crippen LogP contribution >= 0.6 is 0 Å². The first-order chi connectivity index (χ1) is 9.22. The van der Waals surface area contributed by atoms with Gasteiger partial charge in [0.1, 0.15) is 5.52 Å². The van der Waals surface area contributed by atoms with Gasteiger partial charge in [0.15, 0.2) is 5.58 Å². The van der Waals surface area contributed by atoms with E-state index in [1.807, 2.05) is 0 Å². The molecule has 0 bridgehead atoms. The number of nitrogens with one attached hydrogen (secondary N) is 1. The van der Waals surface area contributed by atoms with Gasteiger partial charge < -0.3 is 19.6 Å². The molecule has 1 aliphatic rings. The van der Waals surface area contributed by atoms with Crippen LogP contribution in [0.15, 0.2) is 22.6 Å². The van der Waals surface area contributed by atoms with Gasteiger partial charge in [0, 0.05) is 13.2 Å². The number of rotatable bonds is 4. The number of fused-ring (bicyclic) bond motifs is 1. The molecule has 0 radical (unpaired) electrons. The van der Waals surface area contributed by atoms with Gasteiger partial charge >= 0.3 is 5.97 Å². The van der Waals surface area contributed by atoms with Gasteiger partial charge in [-0.15, -0.1) is 0 Å². The topological polar surface area (TPSA) is 84.6 Å². The van der Waals surface area contributed by atoms with Crippen LogP contribution in [0.2, 0.25) is 0 Å². The number of hydrogen-bond donors (Lipinski definition) is 2. The monoisotopic (exact) mass is 262 g/mol. The van der Waals surface area contributed by atoms with Crippen molar-refractivity contribution in [2.45, 2.75) is 18.9 Å². The highest BCUT2D eigenvalue weighted by Crippen LogP contribution is 2.21. The van der Waals surface area contributed by atoms with E-state index in [9.17, 15) is 4.79 Å². The Morgan fingerprint density at radius 2 is 2.42 bits per heavy atom. The summed E-state index contributed by atoms with van der Waals surface area (Å²) in [5.41, 5.74) is 1.30. The number of hydrogen-bond acceptors (Lipinski definition) is 5. The molecule has 2 aromatic rings. The van der Waals surface area contributed by atoms with Crippen molar-refractivity contribution in [2.24, 2.45) is 0 Å². The van der Waals surface area contributed by atoms with E-state index < -0.39 is 5.97 Å². The molecule has 1 atom stereocenters.